The third-order valence-corrected chi connectivity index (χ3v) is 10.6. The van der Waals surface area contributed by atoms with Gasteiger partial charge in [-0.2, -0.15) is 0 Å². The lowest BCUT2D eigenvalue weighted by Gasteiger charge is -2.18. The van der Waals surface area contributed by atoms with Gasteiger partial charge in [0.15, 0.2) is 6.10 Å². The van der Waals surface area contributed by atoms with Crippen molar-refractivity contribution in [3.63, 3.8) is 0 Å². The van der Waals surface area contributed by atoms with Crippen LogP contribution in [0.15, 0.2) is 134 Å². The number of ether oxygens (including phenoxy) is 3. The Kier molecular flexibility index (Phi) is 50.6. The molecule has 0 aromatic carbocycles. The molecule has 0 fully saturated rings. The quantitative estimate of drug-likeness (QED) is 0.0262. The smallest absolute Gasteiger partial charge is 0.306 e. The van der Waals surface area contributed by atoms with Gasteiger partial charge in [-0.1, -0.05) is 206 Å². The Bertz CT molecular complexity index is 1480. The van der Waals surface area contributed by atoms with E-state index in [1.807, 2.05) is 12.2 Å². The Labute approximate surface area is 411 Å². The van der Waals surface area contributed by atoms with Crippen molar-refractivity contribution < 1.29 is 28.6 Å². The molecule has 0 aliphatic heterocycles. The summed E-state index contributed by atoms with van der Waals surface area (Å²) in [5, 5.41) is 0. The summed E-state index contributed by atoms with van der Waals surface area (Å²) in [6.45, 7) is 6.34. The maximum absolute atomic E-state index is 12.8. The Hall–Kier alpha value is -4.45. The monoisotopic (exact) mass is 925 g/mol. The summed E-state index contributed by atoms with van der Waals surface area (Å²) in [4.78, 5) is 38.0. The second-order valence-electron chi connectivity index (χ2n) is 17.0. The molecule has 0 heterocycles. The second kappa shape index (κ2) is 54.2. The van der Waals surface area contributed by atoms with Crippen LogP contribution in [-0.2, 0) is 28.6 Å². The van der Waals surface area contributed by atoms with E-state index in [-0.39, 0.29) is 50.4 Å². The largest absolute Gasteiger partial charge is 0.462 e. The van der Waals surface area contributed by atoms with Gasteiger partial charge in [0, 0.05) is 19.3 Å². The van der Waals surface area contributed by atoms with Crippen molar-refractivity contribution in [1.82, 2.24) is 0 Å². The molecule has 0 radical (unpaired) electrons. The number of carbonyl (C=O) groups is 3. The van der Waals surface area contributed by atoms with E-state index in [4.69, 9.17) is 14.2 Å². The summed E-state index contributed by atoms with van der Waals surface area (Å²) in [6, 6.07) is 0. The van der Waals surface area contributed by atoms with E-state index < -0.39 is 6.10 Å². The van der Waals surface area contributed by atoms with Gasteiger partial charge in [0.05, 0.1) is 0 Å². The van der Waals surface area contributed by atoms with Crippen LogP contribution in [0.3, 0.4) is 0 Å². The SMILES string of the molecule is CC/C=C\C/C=C\C/C=C\C/C=C\C/C=C\CCCC(=O)OC[C@H](COC(=O)CC/C=C\C/C=C\C/C=C\C/C=C\C/C=C\CCCCC)OC(=O)CCCCCCC/C=C\CCCCCC. The fourth-order valence-corrected chi connectivity index (χ4v) is 6.63. The lowest BCUT2D eigenvalue weighted by molar-refractivity contribution is -0.166. The van der Waals surface area contributed by atoms with Gasteiger partial charge in [0.2, 0.25) is 0 Å². The van der Waals surface area contributed by atoms with Gasteiger partial charge in [0.25, 0.3) is 0 Å². The molecule has 0 N–H and O–H groups in total. The molecular formula is C61H96O6. The zero-order valence-corrected chi connectivity index (χ0v) is 42.9. The van der Waals surface area contributed by atoms with Crippen molar-refractivity contribution in [2.45, 2.75) is 219 Å². The van der Waals surface area contributed by atoms with Crippen molar-refractivity contribution in [3.05, 3.63) is 134 Å². The van der Waals surface area contributed by atoms with Gasteiger partial charge in [-0.05, 0) is 122 Å². The van der Waals surface area contributed by atoms with Gasteiger partial charge < -0.3 is 14.2 Å². The standard InChI is InChI=1S/C61H96O6/c1-4-7-10-13-16-19-22-25-27-29-30-32-34-37-39-42-45-48-51-54-60(63)66-57-58(67-61(64)55-52-49-46-43-40-35-24-21-18-15-12-9-6-3)56-65-59(62)53-50-47-44-41-38-36-33-31-28-26-23-20-17-14-11-8-5-2/h8,11,16-17,19-21,24-28,30,32-33,36-37,39,41,44-45,48,58H,4-7,9-10,12-15,18,22-23,29,31,34-35,38,40,42-43,46-47,49-57H2,1-3H3/b11-8-,19-16-,20-17-,24-21-,27-25-,28-26-,32-30-,36-33-,39-37-,44-41-,48-45-/t58-/m1/s1. The maximum Gasteiger partial charge on any atom is 0.306 e. The second-order valence-corrected chi connectivity index (χ2v) is 17.0. The van der Waals surface area contributed by atoms with Crippen LogP contribution < -0.4 is 0 Å². The maximum atomic E-state index is 12.8. The predicted octanol–water partition coefficient (Wildman–Crippen LogP) is 17.9. The number of esters is 3. The highest BCUT2D eigenvalue weighted by atomic mass is 16.6. The first-order valence-corrected chi connectivity index (χ1v) is 26.7. The average Bonchev–Trinajstić information content (AvgIpc) is 3.33. The summed E-state index contributed by atoms with van der Waals surface area (Å²) in [5.74, 6) is -1.09. The van der Waals surface area contributed by atoms with Gasteiger partial charge in [-0.3, -0.25) is 14.4 Å². The van der Waals surface area contributed by atoms with E-state index >= 15 is 0 Å². The number of unbranched alkanes of at least 4 members (excludes halogenated alkanes) is 13. The van der Waals surface area contributed by atoms with Crippen molar-refractivity contribution in [2.24, 2.45) is 0 Å². The molecule has 6 heteroatoms. The minimum absolute atomic E-state index is 0.138. The first-order chi connectivity index (χ1) is 33.0. The van der Waals surface area contributed by atoms with E-state index in [2.05, 4.69) is 142 Å². The molecule has 0 aromatic heterocycles. The molecule has 0 saturated heterocycles. The summed E-state index contributed by atoms with van der Waals surface area (Å²) < 4.78 is 16.7. The number of carbonyl (C=O) groups excluding carboxylic acids is 3. The third-order valence-electron chi connectivity index (χ3n) is 10.6. The third kappa shape index (κ3) is 52.4. The predicted molar refractivity (Wildman–Crippen MR) is 288 cm³/mol. The van der Waals surface area contributed by atoms with Crippen molar-refractivity contribution in [1.29, 1.82) is 0 Å². The molecule has 0 spiro atoms. The van der Waals surface area contributed by atoms with Crippen LogP contribution in [0.25, 0.3) is 0 Å². The van der Waals surface area contributed by atoms with Crippen LogP contribution in [0.5, 0.6) is 0 Å². The summed E-state index contributed by atoms with van der Waals surface area (Å²) in [5.41, 5.74) is 0. The van der Waals surface area contributed by atoms with E-state index in [0.717, 1.165) is 103 Å². The molecule has 0 saturated carbocycles. The fraction of sp³-hybridized carbons (Fsp3) is 0.590. The minimum atomic E-state index is -0.840. The zero-order chi connectivity index (χ0) is 48.6. The van der Waals surface area contributed by atoms with Gasteiger partial charge in [-0.15, -0.1) is 0 Å². The highest BCUT2D eigenvalue weighted by Crippen LogP contribution is 2.12. The number of rotatable bonds is 46. The highest BCUT2D eigenvalue weighted by Gasteiger charge is 2.19. The zero-order valence-electron chi connectivity index (χ0n) is 42.9. The van der Waals surface area contributed by atoms with Crippen LogP contribution in [0.1, 0.15) is 213 Å². The van der Waals surface area contributed by atoms with E-state index in [9.17, 15) is 14.4 Å². The molecule has 376 valence electrons. The number of allylic oxidation sites excluding steroid dienone is 22. The first kappa shape index (κ1) is 62.5. The average molecular weight is 925 g/mol. The van der Waals surface area contributed by atoms with E-state index in [1.54, 1.807) is 0 Å². The lowest BCUT2D eigenvalue weighted by atomic mass is 10.1. The molecule has 0 aliphatic rings. The van der Waals surface area contributed by atoms with Crippen molar-refractivity contribution in [2.75, 3.05) is 13.2 Å². The lowest BCUT2D eigenvalue weighted by Crippen LogP contribution is -2.30. The minimum Gasteiger partial charge on any atom is -0.462 e. The van der Waals surface area contributed by atoms with Crippen LogP contribution in [-0.4, -0.2) is 37.2 Å². The van der Waals surface area contributed by atoms with Crippen molar-refractivity contribution in [3.8, 4) is 0 Å². The molecule has 0 unspecified atom stereocenters. The van der Waals surface area contributed by atoms with Crippen LogP contribution in [0.4, 0.5) is 0 Å². The Morgan fingerprint density at radius 1 is 0.313 bits per heavy atom. The first-order valence-electron chi connectivity index (χ1n) is 26.7. The molecule has 0 amide bonds. The highest BCUT2D eigenvalue weighted by molar-refractivity contribution is 5.71. The summed E-state index contributed by atoms with van der Waals surface area (Å²) in [7, 11) is 0. The normalized spacial score (nSPS) is 13.2. The molecule has 6 nitrogen and oxygen atoms in total. The Morgan fingerprint density at radius 2 is 0.627 bits per heavy atom. The number of hydrogen-bond acceptors (Lipinski definition) is 6. The van der Waals surface area contributed by atoms with Gasteiger partial charge >= 0.3 is 17.9 Å². The van der Waals surface area contributed by atoms with Gasteiger partial charge in [0.1, 0.15) is 13.2 Å². The molecule has 1 atom stereocenters. The van der Waals surface area contributed by atoms with Gasteiger partial charge in [-0.25, -0.2) is 0 Å². The van der Waals surface area contributed by atoms with E-state index in [1.165, 1.54) is 57.8 Å². The van der Waals surface area contributed by atoms with E-state index in [0.29, 0.717) is 12.8 Å². The summed E-state index contributed by atoms with van der Waals surface area (Å²) in [6.07, 6.45) is 75.9. The molecular weight excluding hydrogens is 829 g/mol. The topological polar surface area (TPSA) is 78.9 Å². The fourth-order valence-electron chi connectivity index (χ4n) is 6.63. The molecule has 67 heavy (non-hydrogen) atoms. The Morgan fingerprint density at radius 3 is 1.09 bits per heavy atom. The Balaban J connectivity index is 4.61. The van der Waals surface area contributed by atoms with Crippen LogP contribution >= 0.6 is 0 Å². The van der Waals surface area contributed by atoms with Crippen LogP contribution in [0.2, 0.25) is 0 Å². The number of hydrogen-bond donors (Lipinski definition) is 0. The molecule has 0 rings (SSSR count). The molecule has 0 aliphatic carbocycles. The molecule has 0 aromatic rings. The van der Waals surface area contributed by atoms with Crippen molar-refractivity contribution >= 4 is 17.9 Å². The molecule has 0 bridgehead atoms. The van der Waals surface area contributed by atoms with Crippen LogP contribution in [0, 0.1) is 0 Å². The summed E-state index contributed by atoms with van der Waals surface area (Å²) >= 11 is 0.